The maximum absolute atomic E-state index is 12.5. The first-order chi connectivity index (χ1) is 9.82. The van der Waals surface area contributed by atoms with E-state index < -0.39 is 23.3 Å². The molecule has 1 saturated heterocycles. The number of carbonyl (C=O) groups is 1. The molecule has 1 unspecified atom stereocenters. The van der Waals surface area contributed by atoms with E-state index in [0.29, 0.717) is 25.6 Å². The van der Waals surface area contributed by atoms with Crippen LogP contribution in [0.15, 0.2) is 16.9 Å². The molecule has 0 bridgehead atoms. The highest BCUT2D eigenvalue weighted by atomic mass is 19.4. The lowest BCUT2D eigenvalue weighted by atomic mass is 9.98. The van der Waals surface area contributed by atoms with E-state index in [1.54, 1.807) is 4.98 Å². The number of amides is 1. The number of nitrogens with zero attached hydrogens (tertiary/aromatic N) is 1. The zero-order chi connectivity index (χ0) is 15.6. The molecule has 1 fully saturated rings. The molecule has 1 aliphatic heterocycles. The number of hydrogen-bond donors (Lipinski definition) is 2. The van der Waals surface area contributed by atoms with Gasteiger partial charge in [0.15, 0.2) is 0 Å². The quantitative estimate of drug-likeness (QED) is 0.863. The number of pyridine rings is 1. The molecule has 0 radical (unpaired) electrons. The van der Waals surface area contributed by atoms with Crippen molar-refractivity contribution in [1.29, 1.82) is 0 Å². The van der Waals surface area contributed by atoms with Gasteiger partial charge in [0.05, 0.1) is 0 Å². The minimum Gasteiger partial charge on any atom is -0.396 e. The number of nitrogens with one attached hydrogen (secondary N) is 1. The summed E-state index contributed by atoms with van der Waals surface area (Å²) >= 11 is 0. The lowest BCUT2D eigenvalue weighted by molar-refractivity contribution is -0.141. The molecule has 0 saturated carbocycles. The van der Waals surface area contributed by atoms with E-state index in [4.69, 9.17) is 5.11 Å². The van der Waals surface area contributed by atoms with Gasteiger partial charge >= 0.3 is 6.18 Å². The first-order valence-corrected chi connectivity index (χ1v) is 6.53. The van der Waals surface area contributed by atoms with Crippen LogP contribution in [0.1, 0.15) is 28.9 Å². The number of carbonyl (C=O) groups excluding carboxylic acids is 1. The minimum atomic E-state index is -4.66. The maximum atomic E-state index is 12.5. The Morgan fingerprint density at radius 2 is 2.14 bits per heavy atom. The Labute approximate surface area is 118 Å². The lowest BCUT2D eigenvalue weighted by Gasteiger charge is -2.31. The van der Waals surface area contributed by atoms with Gasteiger partial charge in [0.2, 0.25) is 0 Å². The molecule has 2 N–H and O–H groups in total. The van der Waals surface area contributed by atoms with Gasteiger partial charge in [-0.25, -0.2) is 0 Å². The van der Waals surface area contributed by atoms with Crippen molar-refractivity contribution in [3.05, 3.63) is 33.7 Å². The summed E-state index contributed by atoms with van der Waals surface area (Å²) in [5.74, 6) is -0.667. The van der Waals surface area contributed by atoms with E-state index in [9.17, 15) is 22.8 Å². The zero-order valence-electron chi connectivity index (χ0n) is 11.1. The van der Waals surface area contributed by atoms with Crippen LogP contribution in [0.2, 0.25) is 0 Å². The van der Waals surface area contributed by atoms with Gasteiger partial charge in [-0.3, -0.25) is 9.59 Å². The predicted octanol–water partition coefficient (Wildman–Crippen LogP) is 1.24. The number of hydrogen-bond acceptors (Lipinski definition) is 3. The minimum absolute atomic E-state index is 0.0590. The van der Waals surface area contributed by atoms with Crippen LogP contribution >= 0.6 is 0 Å². The van der Waals surface area contributed by atoms with E-state index in [-0.39, 0.29) is 18.1 Å². The average molecular weight is 304 g/mol. The van der Waals surface area contributed by atoms with Crippen molar-refractivity contribution in [2.24, 2.45) is 5.92 Å². The number of halogens is 3. The number of rotatable bonds is 2. The van der Waals surface area contributed by atoms with Crippen LogP contribution in [0.3, 0.4) is 0 Å². The molecule has 1 atom stereocenters. The van der Waals surface area contributed by atoms with Crippen LogP contribution in [0.25, 0.3) is 0 Å². The molecule has 5 nitrogen and oxygen atoms in total. The number of aliphatic hydroxyl groups excluding tert-OH is 1. The van der Waals surface area contributed by atoms with Crippen molar-refractivity contribution < 1.29 is 23.1 Å². The third-order valence-electron chi connectivity index (χ3n) is 3.51. The molecule has 0 spiro atoms. The number of aliphatic hydroxyl groups is 1. The summed E-state index contributed by atoms with van der Waals surface area (Å²) in [5.41, 5.74) is -2.56. The average Bonchev–Trinajstić information content (AvgIpc) is 2.45. The number of aromatic nitrogens is 1. The van der Waals surface area contributed by atoms with Crippen molar-refractivity contribution in [1.82, 2.24) is 9.88 Å². The molecule has 1 aromatic heterocycles. The fourth-order valence-corrected chi connectivity index (χ4v) is 2.38. The van der Waals surface area contributed by atoms with Gasteiger partial charge in [-0.05, 0) is 30.9 Å². The summed E-state index contributed by atoms with van der Waals surface area (Å²) in [6.07, 6.45) is -3.19. The molecular formula is C13H15F3N2O3. The van der Waals surface area contributed by atoms with Gasteiger partial charge in [-0.15, -0.1) is 0 Å². The van der Waals surface area contributed by atoms with E-state index in [0.717, 1.165) is 12.5 Å². The Kier molecular flexibility index (Phi) is 4.36. The summed E-state index contributed by atoms with van der Waals surface area (Å²) in [6, 6.07) is 1.58. The molecule has 2 heterocycles. The van der Waals surface area contributed by atoms with Crippen LogP contribution < -0.4 is 5.56 Å². The Hall–Kier alpha value is -1.83. The Morgan fingerprint density at radius 1 is 1.43 bits per heavy atom. The second kappa shape index (κ2) is 5.88. The van der Waals surface area contributed by atoms with Crippen molar-refractivity contribution in [3.8, 4) is 0 Å². The molecule has 2 rings (SSSR count). The highest BCUT2D eigenvalue weighted by Gasteiger charge is 2.33. The number of H-pyrrole nitrogens is 1. The normalized spacial score (nSPS) is 19.6. The second-order valence-electron chi connectivity index (χ2n) is 5.05. The van der Waals surface area contributed by atoms with Gasteiger partial charge in [0.1, 0.15) is 11.3 Å². The molecule has 0 aromatic carbocycles. The zero-order valence-corrected chi connectivity index (χ0v) is 11.1. The summed E-state index contributed by atoms with van der Waals surface area (Å²) in [5, 5.41) is 9.11. The molecule has 1 aliphatic rings. The first-order valence-electron chi connectivity index (χ1n) is 6.53. The van der Waals surface area contributed by atoms with Crippen LogP contribution in [-0.2, 0) is 6.18 Å². The van der Waals surface area contributed by atoms with E-state index in [1.165, 1.54) is 4.90 Å². The van der Waals surface area contributed by atoms with E-state index in [1.807, 2.05) is 0 Å². The van der Waals surface area contributed by atoms with Gasteiger partial charge in [-0.2, -0.15) is 13.2 Å². The van der Waals surface area contributed by atoms with Gasteiger partial charge in [0, 0.05) is 19.7 Å². The highest BCUT2D eigenvalue weighted by Crippen LogP contribution is 2.26. The molecule has 8 heteroatoms. The number of aromatic amines is 1. The molecular weight excluding hydrogens is 289 g/mol. The Bertz CT molecular complexity index is 583. The highest BCUT2D eigenvalue weighted by molar-refractivity contribution is 5.93. The van der Waals surface area contributed by atoms with Crippen LogP contribution in [0.4, 0.5) is 13.2 Å². The summed E-state index contributed by atoms with van der Waals surface area (Å²) in [7, 11) is 0. The summed E-state index contributed by atoms with van der Waals surface area (Å²) in [4.78, 5) is 26.9. The Morgan fingerprint density at radius 3 is 2.71 bits per heavy atom. The molecule has 21 heavy (non-hydrogen) atoms. The first kappa shape index (κ1) is 15.6. The molecule has 1 aromatic rings. The predicted molar refractivity (Wildman–Crippen MR) is 67.8 cm³/mol. The van der Waals surface area contributed by atoms with Gasteiger partial charge < -0.3 is 15.0 Å². The lowest BCUT2D eigenvalue weighted by Crippen LogP contribution is -2.42. The fraction of sp³-hybridized carbons (Fsp3) is 0.538. The summed E-state index contributed by atoms with van der Waals surface area (Å²) < 4.78 is 37.4. The smallest absolute Gasteiger partial charge is 0.396 e. The number of likely N-dealkylation sites (tertiary alicyclic amines) is 1. The van der Waals surface area contributed by atoms with Crippen molar-refractivity contribution in [2.75, 3.05) is 19.7 Å². The molecule has 116 valence electrons. The van der Waals surface area contributed by atoms with Gasteiger partial charge in [-0.1, -0.05) is 0 Å². The van der Waals surface area contributed by atoms with Crippen LogP contribution in [0.5, 0.6) is 0 Å². The largest absolute Gasteiger partial charge is 0.431 e. The number of alkyl halides is 3. The SMILES string of the molecule is O=C(c1ccc(C(F)(F)F)[nH]c1=O)N1CCCC(CO)C1. The van der Waals surface area contributed by atoms with Crippen LogP contribution in [-0.4, -0.2) is 40.6 Å². The maximum Gasteiger partial charge on any atom is 0.431 e. The van der Waals surface area contributed by atoms with Crippen molar-refractivity contribution >= 4 is 5.91 Å². The third-order valence-corrected chi connectivity index (χ3v) is 3.51. The second-order valence-corrected chi connectivity index (χ2v) is 5.05. The summed E-state index contributed by atoms with van der Waals surface area (Å²) in [6.45, 7) is 0.665. The van der Waals surface area contributed by atoms with E-state index in [2.05, 4.69) is 0 Å². The monoisotopic (exact) mass is 304 g/mol. The van der Waals surface area contributed by atoms with Crippen molar-refractivity contribution in [2.45, 2.75) is 19.0 Å². The van der Waals surface area contributed by atoms with E-state index >= 15 is 0 Å². The third kappa shape index (κ3) is 3.44. The molecule has 1 amide bonds. The van der Waals surface area contributed by atoms with Crippen molar-refractivity contribution in [3.63, 3.8) is 0 Å². The molecule has 0 aliphatic carbocycles. The standard InChI is InChI=1S/C13H15F3N2O3/c14-13(15,16)10-4-3-9(11(20)17-10)12(21)18-5-1-2-8(6-18)7-19/h3-4,8,19H,1-2,5-7H2,(H,17,20). The Balaban J connectivity index is 2.22. The van der Waals surface area contributed by atoms with Gasteiger partial charge in [0.25, 0.3) is 11.5 Å². The topological polar surface area (TPSA) is 73.4 Å². The number of piperidine rings is 1. The fourth-order valence-electron chi connectivity index (χ4n) is 2.38. The van der Waals surface area contributed by atoms with Crippen LogP contribution in [0, 0.1) is 5.92 Å².